The van der Waals surface area contributed by atoms with Gasteiger partial charge in [-0.25, -0.2) is 13.1 Å². The first kappa shape index (κ1) is 18.6. The van der Waals surface area contributed by atoms with Gasteiger partial charge >= 0.3 is 0 Å². The quantitative estimate of drug-likeness (QED) is 0.792. The lowest BCUT2D eigenvalue weighted by molar-refractivity contribution is -0.132. The Morgan fingerprint density at radius 1 is 1.25 bits per heavy atom. The zero-order chi connectivity index (χ0) is 17.7. The average Bonchev–Trinajstić information content (AvgIpc) is 2.54. The van der Waals surface area contributed by atoms with Crippen LogP contribution in [0.15, 0.2) is 29.2 Å². The van der Waals surface area contributed by atoms with Gasteiger partial charge in [0.2, 0.25) is 15.9 Å². The Bertz CT molecular complexity index is 698. The van der Waals surface area contributed by atoms with Crippen LogP contribution in [0.5, 0.6) is 0 Å². The highest BCUT2D eigenvalue weighted by atomic mass is 32.2. The molecule has 0 spiro atoms. The molecule has 1 amide bonds. The Labute approximate surface area is 143 Å². The third-order valence-electron chi connectivity index (χ3n) is 4.21. The molecule has 1 aromatic rings. The lowest BCUT2D eigenvalue weighted by Gasteiger charge is -2.31. The molecule has 0 radical (unpaired) electrons. The Morgan fingerprint density at radius 3 is 2.50 bits per heavy atom. The maximum absolute atomic E-state index is 12.2. The fourth-order valence-electron chi connectivity index (χ4n) is 2.82. The van der Waals surface area contributed by atoms with Gasteiger partial charge in [0.05, 0.1) is 4.90 Å². The second-order valence-electron chi connectivity index (χ2n) is 6.32. The van der Waals surface area contributed by atoms with E-state index < -0.39 is 10.0 Å². The molecule has 6 nitrogen and oxygen atoms in total. The molecule has 0 bridgehead atoms. The predicted octanol–water partition coefficient (Wildman–Crippen LogP) is 1.82. The first-order chi connectivity index (χ1) is 11.3. The molecule has 0 saturated carbocycles. The molecule has 1 unspecified atom stereocenters. The molecule has 1 aromatic carbocycles. The van der Waals surface area contributed by atoms with Crippen molar-refractivity contribution in [2.24, 2.45) is 5.92 Å². The highest BCUT2D eigenvalue weighted by molar-refractivity contribution is 7.89. The molecule has 1 aliphatic heterocycles. The minimum Gasteiger partial charge on any atom is -0.342 e. The Kier molecular flexibility index (Phi) is 6.12. The van der Waals surface area contributed by atoms with E-state index >= 15 is 0 Å². The molecule has 2 rings (SSSR count). The molecular weight excluding hydrogens is 328 g/mol. The normalized spacial score (nSPS) is 18.4. The minimum atomic E-state index is -3.67. The number of amides is 1. The van der Waals surface area contributed by atoms with Gasteiger partial charge in [-0.3, -0.25) is 9.59 Å². The van der Waals surface area contributed by atoms with Crippen molar-refractivity contribution in [3.05, 3.63) is 29.8 Å². The average molecular weight is 352 g/mol. The van der Waals surface area contributed by atoms with Crippen molar-refractivity contribution >= 4 is 21.7 Å². The monoisotopic (exact) mass is 352 g/mol. The van der Waals surface area contributed by atoms with Gasteiger partial charge in [-0.05, 0) is 37.8 Å². The molecule has 1 aliphatic rings. The highest BCUT2D eigenvalue weighted by Crippen LogP contribution is 2.16. The summed E-state index contributed by atoms with van der Waals surface area (Å²) in [6.07, 6.45) is 2.28. The van der Waals surface area contributed by atoms with E-state index in [2.05, 4.69) is 11.6 Å². The van der Waals surface area contributed by atoms with Crippen molar-refractivity contribution in [1.29, 1.82) is 0 Å². The van der Waals surface area contributed by atoms with Crippen LogP contribution in [-0.2, 0) is 14.8 Å². The summed E-state index contributed by atoms with van der Waals surface area (Å²) in [4.78, 5) is 25.3. The summed E-state index contributed by atoms with van der Waals surface area (Å²) < 4.78 is 26.8. The number of benzene rings is 1. The number of sulfonamides is 1. The summed E-state index contributed by atoms with van der Waals surface area (Å²) in [5.74, 6) is 0.364. The number of carbonyl (C=O) groups is 2. The van der Waals surface area contributed by atoms with Crippen molar-refractivity contribution in [3.8, 4) is 0 Å². The molecule has 7 heteroatoms. The second kappa shape index (κ2) is 7.90. The van der Waals surface area contributed by atoms with Gasteiger partial charge in [-0.15, -0.1) is 0 Å². The van der Waals surface area contributed by atoms with Crippen LogP contribution in [0, 0.1) is 5.92 Å². The molecule has 132 valence electrons. The maximum Gasteiger partial charge on any atom is 0.240 e. The number of ketones is 1. The van der Waals surface area contributed by atoms with Crippen LogP contribution in [0.1, 0.15) is 43.5 Å². The van der Waals surface area contributed by atoms with E-state index in [9.17, 15) is 18.0 Å². The number of Topliss-reactive ketones (excluding diaryl/α,β-unsaturated/α-hetero) is 1. The fourth-order valence-corrected chi connectivity index (χ4v) is 3.85. The first-order valence-electron chi connectivity index (χ1n) is 8.18. The molecule has 0 aromatic heterocycles. The number of nitrogens with zero attached hydrogens (tertiary/aromatic N) is 1. The van der Waals surface area contributed by atoms with Crippen molar-refractivity contribution < 1.29 is 18.0 Å². The van der Waals surface area contributed by atoms with E-state index in [0.29, 0.717) is 11.5 Å². The summed E-state index contributed by atoms with van der Waals surface area (Å²) in [5.41, 5.74) is 0.461. The molecule has 1 fully saturated rings. The number of carbonyl (C=O) groups excluding carboxylic acids is 2. The van der Waals surface area contributed by atoms with Gasteiger partial charge in [0, 0.05) is 31.6 Å². The molecule has 1 atom stereocenters. The molecule has 1 N–H and O–H groups in total. The van der Waals surface area contributed by atoms with Gasteiger partial charge in [0.15, 0.2) is 5.78 Å². The smallest absolute Gasteiger partial charge is 0.240 e. The first-order valence-corrected chi connectivity index (χ1v) is 9.66. The van der Waals surface area contributed by atoms with Crippen LogP contribution in [0.3, 0.4) is 0 Å². The lowest BCUT2D eigenvalue weighted by atomic mass is 10.0. The summed E-state index contributed by atoms with van der Waals surface area (Å²) >= 11 is 0. The van der Waals surface area contributed by atoms with Crippen molar-refractivity contribution in [3.63, 3.8) is 0 Å². The van der Waals surface area contributed by atoms with Gasteiger partial charge in [0.1, 0.15) is 0 Å². The van der Waals surface area contributed by atoms with E-state index in [1.54, 1.807) is 0 Å². The zero-order valence-electron chi connectivity index (χ0n) is 14.1. The fraction of sp³-hybridized carbons (Fsp3) is 0.529. The number of likely N-dealkylation sites (tertiary alicyclic amines) is 1. The molecule has 24 heavy (non-hydrogen) atoms. The van der Waals surface area contributed by atoms with E-state index in [1.807, 2.05) is 4.90 Å². The van der Waals surface area contributed by atoms with E-state index in [1.165, 1.54) is 31.2 Å². The topological polar surface area (TPSA) is 83.5 Å². The van der Waals surface area contributed by atoms with Gasteiger partial charge in [0.25, 0.3) is 0 Å². The van der Waals surface area contributed by atoms with E-state index in [-0.39, 0.29) is 29.6 Å². The Balaban J connectivity index is 1.88. The molecular formula is C17H24N2O4S. The number of nitrogens with one attached hydrogen (secondary N) is 1. The van der Waals surface area contributed by atoms with Crippen LogP contribution >= 0.6 is 0 Å². The predicted molar refractivity (Wildman–Crippen MR) is 91.2 cm³/mol. The second-order valence-corrected chi connectivity index (χ2v) is 8.08. The van der Waals surface area contributed by atoms with Crippen LogP contribution in [0.2, 0.25) is 0 Å². The molecule has 0 aliphatic carbocycles. The highest BCUT2D eigenvalue weighted by Gasteiger charge is 2.21. The third-order valence-corrected chi connectivity index (χ3v) is 5.69. The van der Waals surface area contributed by atoms with E-state index in [0.717, 1.165) is 25.9 Å². The number of hydrogen-bond donors (Lipinski definition) is 1. The third kappa shape index (κ3) is 4.88. The van der Waals surface area contributed by atoms with Crippen LogP contribution in [-0.4, -0.2) is 44.6 Å². The molecule has 1 heterocycles. The van der Waals surface area contributed by atoms with Crippen LogP contribution < -0.4 is 4.72 Å². The van der Waals surface area contributed by atoms with Crippen LogP contribution in [0.4, 0.5) is 0 Å². The minimum absolute atomic E-state index is 0.0174. The van der Waals surface area contributed by atoms with Gasteiger partial charge in [-0.2, -0.15) is 0 Å². The van der Waals surface area contributed by atoms with Gasteiger partial charge < -0.3 is 4.90 Å². The maximum atomic E-state index is 12.2. The van der Waals surface area contributed by atoms with Crippen molar-refractivity contribution in [2.45, 2.75) is 38.0 Å². The largest absolute Gasteiger partial charge is 0.342 e. The number of hydrogen-bond acceptors (Lipinski definition) is 4. The number of rotatable bonds is 6. The van der Waals surface area contributed by atoms with Crippen LogP contribution in [0.25, 0.3) is 0 Å². The summed E-state index contributed by atoms with van der Waals surface area (Å²) in [6, 6.07) is 5.76. The van der Waals surface area contributed by atoms with E-state index in [4.69, 9.17) is 0 Å². The summed E-state index contributed by atoms with van der Waals surface area (Å²) in [6.45, 7) is 5.11. The molecule has 1 saturated heterocycles. The lowest BCUT2D eigenvalue weighted by Crippen LogP contribution is -2.40. The number of piperidine rings is 1. The van der Waals surface area contributed by atoms with Crippen molar-refractivity contribution in [2.75, 3.05) is 19.6 Å². The summed E-state index contributed by atoms with van der Waals surface area (Å²) in [7, 11) is -3.67. The standard InChI is InChI=1S/C17H24N2O4S/c1-13-4-3-11-19(12-13)17(21)9-10-18-24(22,23)16-7-5-15(6-8-16)14(2)20/h5-8,13,18H,3-4,9-12H2,1-2H3. The summed E-state index contributed by atoms with van der Waals surface area (Å²) in [5, 5.41) is 0. The zero-order valence-corrected chi connectivity index (χ0v) is 14.9. The van der Waals surface area contributed by atoms with Crippen molar-refractivity contribution in [1.82, 2.24) is 9.62 Å². The SMILES string of the molecule is CC(=O)c1ccc(S(=O)(=O)NCCC(=O)N2CCCC(C)C2)cc1. The Hall–Kier alpha value is -1.73. The van der Waals surface area contributed by atoms with Gasteiger partial charge in [-0.1, -0.05) is 19.1 Å². The Morgan fingerprint density at radius 2 is 1.92 bits per heavy atom.